The zero-order valence-corrected chi connectivity index (χ0v) is 15.8. The number of carbonyl (C=O) groups is 1. The molecule has 3 aromatic rings. The summed E-state index contributed by atoms with van der Waals surface area (Å²) in [5.74, 6) is -0.0953. The predicted octanol–water partition coefficient (Wildman–Crippen LogP) is 1.82. The number of hydrogen-bond acceptors (Lipinski definition) is 5. The first kappa shape index (κ1) is 18.1. The van der Waals surface area contributed by atoms with Crippen molar-refractivity contribution in [3.8, 4) is 0 Å². The van der Waals surface area contributed by atoms with E-state index in [9.17, 15) is 14.4 Å². The molecule has 3 heterocycles. The van der Waals surface area contributed by atoms with Crippen molar-refractivity contribution >= 4 is 28.3 Å². The second kappa shape index (κ2) is 6.87. The van der Waals surface area contributed by atoms with Gasteiger partial charge in [-0.15, -0.1) is 11.3 Å². The molecule has 1 atom stereocenters. The number of fused-ring (bicyclic) bond motifs is 1. The van der Waals surface area contributed by atoms with Gasteiger partial charge in [0.1, 0.15) is 5.65 Å². The average molecular weight is 372 g/mol. The van der Waals surface area contributed by atoms with Crippen LogP contribution in [-0.4, -0.2) is 20.0 Å². The smallest absolute Gasteiger partial charge is 0.332 e. The standard InChI is InChI=1S/C18H20N4O3S/c1-10(2)14(13-6-5-7-26-13)20-16(23)11-8-12-15(19-9-11)21(3)18(25)22(4)17(12)24/h5-10,14H,1-4H3,(H,20,23)/t14-/m1/s1. The van der Waals surface area contributed by atoms with Gasteiger partial charge in [0.15, 0.2) is 0 Å². The van der Waals surface area contributed by atoms with Gasteiger partial charge in [0, 0.05) is 25.2 Å². The Hall–Kier alpha value is -2.74. The highest BCUT2D eigenvalue weighted by molar-refractivity contribution is 7.10. The number of hydrogen-bond donors (Lipinski definition) is 1. The van der Waals surface area contributed by atoms with Gasteiger partial charge in [-0.05, 0) is 23.4 Å². The van der Waals surface area contributed by atoms with Crippen LogP contribution in [0, 0.1) is 5.92 Å². The van der Waals surface area contributed by atoms with Gasteiger partial charge in [0.25, 0.3) is 11.5 Å². The number of aryl methyl sites for hydroxylation is 1. The molecule has 0 radical (unpaired) electrons. The van der Waals surface area contributed by atoms with Crippen molar-refractivity contribution in [2.75, 3.05) is 0 Å². The molecule has 0 bridgehead atoms. The van der Waals surface area contributed by atoms with Gasteiger partial charge in [-0.2, -0.15) is 0 Å². The van der Waals surface area contributed by atoms with Crippen LogP contribution in [0.5, 0.6) is 0 Å². The van der Waals surface area contributed by atoms with E-state index in [0.29, 0.717) is 0 Å². The fourth-order valence-electron chi connectivity index (χ4n) is 2.85. The lowest BCUT2D eigenvalue weighted by molar-refractivity contribution is 0.0926. The number of nitrogens with zero attached hydrogens (tertiary/aromatic N) is 3. The predicted molar refractivity (Wildman–Crippen MR) is 102 cm³/mol. The van der Waals surface area contributed by atoms with Crippen molar-refractivity contribution in [3.05, 3.63) is 61.1 Å². The largest absolute Gasteiger partial charge is 0.344 e. The lowest BCUT2D eigenvalue weighted by atomic mass is 10.0. The van der Waals surface area contributed by atoms with E-state index in [2.05, 4.69) is 10.3 Å². The maximum Gasteiger partial charge on any atom is 0.332 e. The first-order valence-corrected chi connectivity index (χ1v) is 9.09. The number of nitrogens with one attached hydrogen (secondary N) is 1. The maximum absolute atomic E-state index is 12.7. The van der Waals surface area contributed by atoms with Gasteiger partial charge in [0.2, 0.25) is 0 Å². The Kier molecular flexibility index (Phi) is 4.78. The highest BCUT2D eigenvalue weighted by Crippen LogP contribution is 2.26. The van der Waals surface area contributed by atoms with Gasteiger partial charge < -0.3 is 5.32 Å². The van der Waals surface area contributed by atoms with E-state index < -0.39 is 11.2 Å². The van der Waals surface area contributed by atoms with Crippen LogP contribution >= 0.6 is 11.3 Å². The van der Waals surface area contributed by atoms with Crippen LogP contribution in [-0.2, 0) is 14.1 Å². The Morgan fingerprint density at radius 3 is 2.58 bits per heavy atom. The molecule has 0 aromatic carbocycles. The van der Waals surface area contributed by atoms with Gasteiger partial charge in [-0.3, -0.25) is 18.7 Å². The number of rotatable bonds is 4. The molecule has 3 rings (SSSR count). The molecule has 26 heavy (non-hydrogen) atoms. The van der Waals surface area contributed by atoms with Crippen LogP contribution in [0.25, 0.3) is 11.0 Å². The second-order valence-electron chi connectivity index (χ2n) is 6.51. The molecule has 1 N–H and O–H groups in total. The summed E-state index contributed by atoms with van der Waals surface area (Å²) in [5, 5.41) is 5.22. The Morgan fingerprint density at radius 1 is 1.23 bits per heavy atom. The second-order valence-corrected chi connectivity index (χ2v) is 7.49. The molecule has 3 aromatic heterocycles. The molecule has 8 heteroatoms. The van der Waals surface area contributed by atoms with Gasteiger partial charge in [-0.25, -0.2) is 9.78 Å². The number of pyridine rings is 1. The summed E-state index contributed by atoms with van der Waals surface area (Å²) in [6, 6.07) is 5.30. The van der Waals surface area contributed by atoms with Crippen LogP contribution in [0.3, 0.4) is 0 Å². The summed E-state index contributed by atoms with van der Waals surface area (Å²) < 4.78 is 2.30. The monoisotopic (exact) mass is 372 g/mol. The first-order chi connectivity index (χ1) is 12.3. The Labute approximate surface area is 153 Å². The molecule has 0 unspecified atom stereocenters. The normalized spacial score (nSPS) is 12.5. The minimum atomic E-state index is -0.469. The highest BCUT2D eigenvalue weighted by atomic mass is 32.1. The molecular formula is C18H20N4O3S. The van der Waals surface area contributed by atoms with Crippen LogP contribution in [0.2, 0.25) is 0 Å². The molecule has 0 saturated heterocycles. The third-order valence-corrected chi connectivity index (χ3v) is 5.31. The number of carbonyl (C=O) groups excluding carboxylic acids is 1. The van der Waals surface area contributed by atoms with E-state index in [-0.39, 0.29) is 34.5 Å². The third kappa shape index (κ3) is 3.08. The van der Waals surface area contributed by atoms with Crippen LogP contribution in [0.1, 0.15) is 35.1 Å². The number of aromatic nitrogens is 3. The van der Waals surface area contributed by atoms with E-state index in [4.69, 9.17) is 0 Å². The zero-order chi connectivity index (χ0) is 19.0. The van der Waals surface area contributed by atoms with Crippen LogP contribution in [0.4, 0.5) is 0 Å². The topological polar surface area (TPSA) is 86.0 Å². The maximum atomic E-state index is 12.7. The Bertz CT molecular complexity index is 1080. The molecule has 0 aliphatic heterocycles. The van der Waals surface area contributed by atoms with E-state index in [1.807, 2.05) is 31.4 Å². The molecule has 136 valence electrons. The van der Waals surface area contributed by atoms with Crippen LogP contribution in [0.15, 0.2) is 39.4 Å². The summed E-state index contributed by atoms with van der Waals surface area (Å²) >= 11 is 1.59. The average Bonchev–Trinajstić information content (AvgIpc) is 3.15. The number of thiophene rings is 1. The van der Waals surface area contributed by atoms with Crippen molar-refractivity contribution < 1.29 is 4.79 Å². The summed E-state index contributed by atoms with van der Waals surface area (Å²) in [4.78, 5) is 42.3. The van der Waals surface area contributed by atoms with Crippen molar-refractivity contribution in [3.63, 3.8) is 0 Å². The van der Waals surface area contributed by atoms with Crippen molar-refractivity contribution in [1.29, 1.82) is 0 Å². The summed E-state index contributed by atoms with van der Waals surface area (Å²) in [6.45, 7) is 4.07. The van der Waals surface area contributed by atoms with Crippen molar-refractivity contribution in [2.24, 2.45) is 20.0 Å². The van der Waals surface area contributed by atoms with Crippen molar-refractivity contribution in [1.82, 2.24) is 19.4 Å². The molecule has 0 aliphatic carbocycles. The fraction of sp³-hybridized carbons (Fsp3) is 0.333. The highest BCUT2D eigenvalue weighted by Gasteiger charge is 2.21. The lowest BCUT2D eigenvalue weighted by Crippen LogP contribution is -2.37. The molecule has 0 saturated carbocycles. The minimum absolute atomic E-state index is 0.124. The fourth-order valence-corrected chi connectivity index (χ4v) is 3.80. The summed E-state index contributed by atoms with van der Waals surface area (Å²) in [6.07, 6.45) is 1.39. The molecule has 1 amide bonds. The molecular weight excluding hydrogens is 352 g/mol. The minimum Gasteiger partial charge on any atom is -0.344 e. The van der Waals surface area contributed by atoms with E-state index >= 15 is 0 Å². The first-order valence-electron chi connectivity index (χ1n) is 8.21. The third-order valence-electron chi connectivity index (χ3n) is 4.36. The Balaban J connectivity index is 2.01. The quantitative estimate of drug-likeness (QED) is 0.757. The van der Waals surface area contributed by atoms with Crippen molar-refractivity contribution in [2.45, 2.75) is 19.9 Å². The van der Waals surface area contributed by atoms with E-state index in [1.165, 1.54) is 23.9 Å². The summed E-state index contributed by atoms with van der Waals surface area (Å²) in [7, 11) is 2.95. The van der Waals surface area contributed by atoms with Crippen LogP contribution < -0.4 is 16.6 Å². The summed E-state index contributed by atoms with van der Waals surface area (Å²) in [5.41, 5.74) is -0.377. The molecule has 0 aliphatic rings. The van der Waals surface area contributed by atoms with E-state index in [1.54, 1.807) is 18.4 Å². The SMILES string of the molecule is CC(C)[C@@H](NC(=O)c1cnc2c(c1)c(=O)n(C)c(=O)n2C)c1cccs1. The Morgan fingerprint density at radius 2 is 1.96 bits per heavy atom. The van der Waals surface area contributed by atoms with Gasteiger partial charge >= 0.3 is 5.69 Å². The molecule has 7 nitrogen and oxygen atoms in total. The van der Waals surface area contributed by atoms with E-state index in [0.717, 1.165) is 9.44 Å². The number of amides is 1. The molecule has 0 fully saturated rings. The lowest BCUT2D eigenvalue weighted by Gasteiger charge is -2.21. The zero-order valence-electron chi connectivity index (χ0n) is 15.0. The van der Waals surface area contributed by atoms with Gasteiger partial charge in [-0.1, -0.05) is 19.9 Å². The molecule has 0 spiro atoms. The van der Waals surface area contributed by atoms with Gasteiger partial charge in [0.05, 0.1) is 17.0 Å².